The molecular weight excluding hydrogens is 267 g/mol. The normalized spacial score (nSPS) is 14.0. The maximum atomic E-state index is 14.1. The molecule has 1 aromatic carbocycles. The summed E-state index contributed by atoms with van der Waals surface area (Å²) in [4.78, 5) is 4.18. The van der Waals surface area contributed by atoms with Gasteiger partial charge in [0.2, 0.25) is 0 Å². The molecule has 2 rings (SSSR count). The SMILES string of the molecule is CCC(N)(c1cncc(OC(C)C)c1)c1ccccc1F. The first-order valence-corrected chi connectivity index (χ1v) is 7.13. The minimum Gasteiger partial charge on any atom is -0.489 e. The van der Waals surface area contributed by atoms with E-state index in [-0.39, 0.29) is 11.9 Å². The number of nitrogens with two attached hydrogens (primary N) is 1. The second kappa shape index (κ2) is 6.22. The van der Waals surface area contributed by atoms with Gasteiger partial charge in [-0.2, -0.15) is 0 Å². The third-order valence-corrected chi connectivity index (χ3v) is 3.51. The van der Waals surface area contributed by atoms with Crippen molar-refractivity contribution in [2.45, 2.75) is 38.8 Å². The number of hydrogen-bond donors (Lipinski definition) is 1. The summed E-state index contributed by atoms with van der Waals surface area (Å²) in [7, 11) is 0. The molecule has 0 aliphatic rings. The Balaban J connectivity index is 2.48. The highest BCUT2D eigenvalue weighted by Gasteiger charge is 2.31. The summed E-state index contributed by atoms with van der Waals surface area (Å²) in [5, 5.41) is 0. The van der Waals surface area contributed by atoms with Crippen LogP contribution in [0.4, 0.5) is 4.39 Å². The molecule has 0 radical (unpaired) electrons. The fourth-order valence-corrected chi connectivity index (χ4v) is 2.37. The van der Waals surface area contributed by atoms with Gasteiger partial charge in [0.05, 0.1) is 17.8 Å². The number of rotatable bonds is 5. The number of halogens is 1. The number of benzene rings is 1. The summed E-state index contributed by atoms with van der Waals surface area (Å²) in [5.41, 5.74) is 6.80. The van der Waals surface area contributed by atoms with E-state index in [1.54, 1.807) is 30.6 Å². The molecule has 2 N–H and O–H groups in total. The van der Waals surface area contributed by atoms with Gasteiger partial charge in [-0.3, -0.25) is 4.98 Å². The van der Waals surface area contributed by atoms with E-state index in [9.17, 15) is 4.39 Å². The number of nitrogens with zero attached hydrogens (tertiary/aromatic N) is 1. The predicted molar refractivity (Wildman–Crippen MR) is 81.7 cm³/mol. The summed E-state index contributed by atoms with van der Waals surface area (Å²) in [6, 6.07) is 8.43. The molecule has 1 atom stereocenters. The van der Waals surface area contributed by atoms with Crippen LogP contribution in [0.1, 0.15) is 38.3 Å². The van der Waals surface area contributed by atoms with Crippen molar-refractivity contribution in [2.24, 2.45) is 5.73 Å². The van der Waals surface area contributed by atoms with Gasteiger partial charge in [-0.1, -0.05) is 25.1 Å². The van der Waals surface area contributed by atoms with Crippen LogP contribution in [0.5, 0.6) is 5.75 Å². The summed E-state index contributed by atoms with van der Waals surface area (Å²) < 4.78 is 19.8. The number of ether oxygens (including phenoxy) is 1. The van der Waals surface area contributed by atoms with Gasteiger partial charge in [0.1, 0.15) is 11.6 Å². The van der Waals surface area contributed by atoms with Gasteiger partial charge in [0, 0.05) is 11.8 Å². The van der Waals surface area contributed by atoms with Gasteiger partial charge < -0.3 is 10.5 Å². The highest BCUT2D eigenvalue weighted by Crippen LogP contribution is 2.33. The van der Waals surface area contributed by atoms with E-state index in [2.05, 4.69) is 4.98 Å². The van der Waals surface area contributed by atoms with E-state index in [4.69, 9.17) is 10.5 Å². The van der Waals surface area contributed by atoms with Crippen molar-refractivity contribution in [2.75, 3.05) is 0 Å². The molecule has 0 saturated carbocycles. The van der Waals surface area contributed by atoms with E-state index in [1.807, 2.05) is 26.8 Å². The van der Waals surface area contributed by atoms with Crippen LogP contribution in [-0.4, -0.2) is 11.1 Å². The standard InChI is InChI=1S/C17H21FN2O/c1-4-17(19,15-7-5-6-8-16(15)18)13-9-14(11-20-10-13)21-12(2)3/h5-12H,4,19H2,1-3H3. The Kier molecular flexibility index (Phi) is 4.58. The number of hydrogen-bond acceptors (Lipinski definition) is 3. The molecule has 0 amide bonds. The maximum Gasteiger partial charge on any atom is 0.138 e. The topological polar surface area (TPSA) is 48.1 Å². The second-order valence-electron chi connectivity index (χ2n) is 5.38. The Morgan fingerprint density at radius 3 is 2.62 bits per heavy atom. The van der Waals surface area contributed by atoms with Gasteiger partial charge in [0.15, 0.2) is 0 Å². The van der Waals surface area contributed by atoms with Crippen LogP contribution in [0.25, 0.3) is 0 Å². The van der Waals surface area contributed by atoms with Crippen molar-refractivity contribution in [3.05, 3.63) is 59.7 Å². The van der Waals surface area contributed by atoms with E-state index < -0.39 is 5.54 Å². The lowest BCUT2D eigenvalue weighted by Crippen LogP contribution is -2.38. The van der Waals surface area contributed by atoms with E-state index in [1.165, 1.54) is 6.07 Å². The highest BCUT2D eigenvalue weighted by molar-refractivity contribution is 5.40. The van der Waals surface area contributed by atoms with Crippen molar-refractivity contribution in [1.82, 2.24) is 4.98 Å². The predicted octanol–water partition coefficient (Wildman–Crippen LogP) is 3.62. The molecule has 112 valence electrons. The van der Waals surface area contributed by atoms with Crippen LogP contribution < -0.4 is 10.5 Å². The third-order valence-electron chi connectivity index (χ3n) is 3.51. The quantitative estimate of drug-likeness (QED) is 0.914. The van der Waals surface area contributed by atoms with E-state index in [0.29, 0.717) is 17.7 Å². The summed E-state index contributed by atoms with van der Waals surface area (Å²) in [6.45, 7) is 5.82. The van der Waals surface area contributed by atoms with Crippen molar-refractivity contribution >= 4 is 0 Å². The fourth-order valence-electron chi connectivity index (χ4n) is 2.37. The molecule has 1 aromatic heterocycles. The molecule has 4 heteroatoms. The Hall–Kier alpha value is -1.94. The van der Waals surface area contributed by atoms with E-state index in [0.717, 1.165) is 5.56 Å². The molecule has 0 fully saturated rings. The molecule has 2 aromatic rings. The summed E-state index contributed by atoms with van der Waals surface area (Å²) in [6.07, 6.45) is 3.91. The number of aromatic nitrogens is 1. The molecule has 0 spiro atoms. The Morgan fingerprint density at radius 1 is 1.29 bits per heavy atom. The second-order valence-corrected chi connectivity index (χ2v) is 5.38. The zero-order valence-corrected chi connectivity index (χ0v) is 12.6. The van der Waals surface area contributed by atoms with Gasteiger partial charge >= 0.3 is 0 Å². The minimum absolute atomic E-state index is 0.0457. The lowest BCUT2D eigenvalue weighted by molar-refractivity contribution is 0.240. The van der Waals surface area contributed by atoms with Crippen LogP contribution in [-0.2, 0) is 5.54 Å². The highest BCUT2D eigenvalue weighted by atomic mass is 19.1. The average molecular weight is 288 g/mol. The lowest BCUT2D eigenvalue weighted by Gasteiger charge is -2.30. The minimum atomic E-state index is -0.922. The maximum absolute atomic E-state index is 14.1. The van der Waals surface area contributed by atoms with Crippen LogP contribution in [0.3, 0.4) is 0 Å². The van der Waals surface area contributed by atoms with Gasteiger partial charge in [0.25, 0.3) is 0 Å². The molecule has 0 saturated heterocycles. The van der Waals surface area contributed by atoms with Crippen LogP contribution in [0, 0.1) is 5.82 Å². The molecule has 21 heavy (non-hydrogen) atoms. The Labute approximate surface area is 125 Å². The lowest BCUT2D eigenvalue weighted by atomic mass is 9.82. The molecule has 1 unspecified atom stereocenters. The molecule has 0 bridgehead atoms. The van der Waals surface area contributed by atoms with Crippen LogP contribution >= 0.6 is 0 Å². The van der Waals surface area contributed by atoms with Gasteiger partial charge in [-0.05, 0) is 38.0 Å². The molecule has 1 heterocycles. The monoisotopic (exact) mass is 288 g/mol. The molecule has 0 aliphatic heterocycles. The Bertz CT molecular complexity index is 615. The number of pyridine rings is 1. The van der Waals surface area contributed by atoms with Crippen LogP contribution in [0.15, 0.2) is 42.7 Å². The Morgan fingerprint density at radius 2 is 2.00 bits per heavy atom. The van der Waals surface area contributed by atoms with E-state index >= 15 is 0 Å². The molecule has 0 aliphatic carbocycles. The van der Waals surface area contributed by atoms with Crippen molar-refractivity contribution in [1.29, 1.82) is 0 Å². The van der Waals surface area contributed by atoms with Gasteiger partial charge in [-0.25, -0.2) is 4.39 Å². The first-order chi connectivity index (χ1) is 9.97. The van der Waals surface area contributed by atoms with Gasteiger partial charge in [-0.15, -0.1) is 0 Å². The third kappa shape index (κ3) is 3.22. The summed E-state index contributed by atoms with van der Waals surface area (Å²) >= 11 is 0. The first kappa shape index (κ1) is 15.4. The first-order valence-electron chi connectivity index (χ1n) is 7.13. The van der Waals surface area contributed by atoms with Crippen molar-refractivity contribution < 1.29 is 9.13 Å². The smallest absolute Gasteiger partial charge is 0.138 e. The zero-order chi connectivity index (χ0) is 15.5. The zero-order valence-electron chi connectivity index (χ0n) is 12.6. The van der Waals surface area contributed by atoms with Crippen molar-refractivity contribution in [3.8, 4) is 5.75 Å². The average Bonchev–Trinajstić information content (AvgIpc) is 2.46. The summed E-state index contributed by atoms with van der Waals surface area (Å²) in [5.74, 6) is 0.333. The molecule has 3 nitrogen and oxygen atoms in total. The largest absolute Gasteiger partial charge is 0.489 e. The fraction of sp³-hybridized carbons (Fsp3) is 0.353. The van der Waals surface area contributed by atoms with Crippen molar-refractivity contribution in [3.63, 3.8) is 0 Å². The van der Waals surface area contributed by atoms with Crippen LogP contribution in [0.2, 0.25) is 0 Å². The molecular formula is C17H21FN2O.